The van der Waals surface area contributed by atoms with Crippen molar-refractivity contribution in [2.75, 3.05) is 37.6 Å². The molecular formula is C20H26FN3O3S2. The second-order valence-electron chi connectivity index (χ2n) is 6.94. The van der Waals surface area contributed by atoms with Crippen LogP contribution in [0.5, 0.6) is 0 Å². The summed E-state index contributed by atoms with van der Waals surface area (Å²) in [6, 6.07) is 7.69. The number of carbonyl (C=O) groups excluding carboxylic acids is 1. The Hall–Kier alpha value is -1.97. The van der Waals surface area contributed by atoms with E-state index in [0.717, 1.165) is 36.3 Å². The van der Waals surface area contributed by atoms with Crippen LogP contribution in [0.4, 0.5) is 10.1 Å². The number of benzene rings is 1. The van der Waals surface area contributed by atoms with Gasteiger partial charge in [-0.2, -0.15) is 4.31 Å². The highest BCUT2D eigenvalue weighted by Crippen LogP contribution is 2.27. The first-order valence-electron chi connectivity index (χ1n) is 9.80. The van der Waals surface area contributed by atoms with Crippen LogP contribution in [0.15, 0.2) is 40.6 Å². The fourth-order valence-electron chi connectivity index (χ4n) is 3.30. The molecule has 1 aliphatic rings. The van der Waals surface area contributed by atoms with Crippen molar-refractivity contribution in [3.8, 4) is 0 Å². The summed E-state index contributed by atoms with van der Waals surface area (Å²) in [5.74, 6) is -0.632. The van der Waals surface area contributed by atoms with Crippen molar-refractivity contribution in [1.29, 1.82) is 0 Å². The van der Waals surface area contributed by atoms with E-state index in [4.69, 9.17) is 0 Å². The maximum atomic E-state index is 13.1. The molecule has 1 aromatic heterocycles. The molecule has 1 amide bonds. The topological polar surface area (TPSA) is 69.7 Å². The summed E-state index contributed by atoms with van der Waals surface area (Å²) in [6.07, 6.45) is 2.95. The number of sulfonamides is 1. The van der Waals surface area contributed by atoms with Crippen LogP contribution in [0.2, 0.25) is 0 Å². The molecule has 2 heterocycles. The molecule has 6 nitrogen and oxygen atoms in total. The van der Waals surface area contributed by atoms with E-state index >= 15 is 0 Å². The lowest BCUT2D eigenvalue weighted by atomic mass is 10.2. The molecule has 0 bridgehead atoms. The van der Waals surface area contributed by atoms with Crippen molar-refractivity contribution in [3.63, 3.8) is 0 Å². The molecule has 3 rings (SSSR count). The number of anilines is 1. The molecule has 0 saturated carbocycles. The highest BCUT2D eigenvalue weighted by atomic mass is 32.2. The first-order valence-corrected chi connectivity index (χ1v) is 12.1. The molecule has 1 N–H and O–H groups in total. The summed E-state index contributed by atoms with van der Waals surface area (Å²) >= 11 is 1.15. The zero-order valence-electron chi connectivity index (χ0n) is 16.4. The van der Waals surface area contributed by atoms with Gasteiger partial charge in [-0.1, -0.05) is 19.8 Å². The fraction of sp³-hybridized carbons (Fsp3) is 0.450. The van der Waals surface area contributed by atoms with Crippen molar-refractivity contribution in [2.45, 2.75) is 31.1 Å². The number of amides is 1. The first-order chi connectivity index (χ1) is 13.9. The van der Waals surface area contributed by atoms with Gasteiger partial charge in [0, 0.05) is 38.4 Å². The summed E-state index contributed by atoms with van der Waals surface area (Å²) in [5.41, 5.74) is 0.867. The molecule has 0 radical (unpaired) electrons. The minimum absolute atomic E-state index is 0.0747. The summed E-state index contributed by atoms with van der Waals surface area (Å²) in [7, 11) is -3.75. The number of rotatable bonds is 8. The van der Waals surface area contributed by atoms with E-state index in [0.29, 0.717) is 32.7 Å². The lowest BCUT2D eigenvalue weighted by Gasteiger charge is -2.35. The Bertz CT molecular complexity index is 921. The number of unbranched alkanes of at least 4 members (excludes halogenated alkanes) is 2. The first kappa shape index (κ1) is 21.7. The SMILES string of the molecule is CCCCCNC(=O)c1sccc1S(=O)(=O)N1CCN(c2ccc(F)cc2)CC1. The molecule has 0 spiro atoms. The van der Waals surface area contributed by atoms with Gasteiger partial charge in [-0.15, -0.1) is 11.3 Å². The largest absolute Gasteiger partial charge is 0.369 e. The zero-order valence-corrected chi connectivity index (χ0v) is 18.1. The summed E-state index contributed by atoms with van der Waals surface area (Å²) < 4.78 is 40.8. The van der Waals surface area contributed by atoms with E-state index in [1.54, 1.807) is 17.5 Å². The number of carbonyl (C=O) groups is 1. The third kappa shape index (κ3) is 5.15. The lowest BCUT2D eigenvalue weighted by Crippen LogP contribution is -2.48. The number of nitrogens with zero attached hydrogens (tertiary/aromatic N) is 2. The summed E-state index contributed by atoms with van der Waals surface area (Å²) in [4.78, 5) is 14.8. The smallest absolute Gasteiger partial charge is 0.262 e. The number of piperazine rings is 1. The molecule has 2 aromatic rings. The summed E-state index contributed by atoms with van der Waals surface area (Å²) in [5, 5.41) is 4.46. The van der Waals surface area contributed by atoms with Crippen LogP contribution in [-0.4, -0.2) is 51.4 Å². The van der Waals surface area contributed by atoms with E-state index in [1.807, 2.05) is 4.90 Å². The Labute approximate surface area is 175 Å². The number of thiophene rings is 1. The van der Waals surface area contributed by atoms with E-state index in [9.17, 15) is 17.6 Å². The van der Waals surface area contributed by atoms with Gasteiger partial charge in [0.05, 0.1) is 0 Å². The molecule has 29 heavy (non-hydrogen) atoms. The van der Waals surface area contributed by atoms with Gasteiger partial charge >= 0.3 is 0 Å². The zero-order chi connectivity index (χ0) is 20.9. The second kappa shape index (κ2) is 9.69. The van der Waals surface area contributed by atoms with Crippen LogP contribution in [0, 0.1) is 5.82 Å². The van der Waals surface area contributed by atoms with Crippen molar-refractivity contribution in [2.24, 2.45) is 0 Å². The maximum Gasteiger partial charge on any atom is 0.262 e. The molecule has 1 aliphatic heterocycles. The Morgan fingerprint density at radius 3 is 2.45 bits per heavy atom. The summed E-state index contributed by atoms with van der Waals surface area (Å²) in [6.45, 7) is 4.27. The third-order valence-corrected chi connectivity index (χ3v) is 7.93. The highest BCUT2D eigenvalue weighted by Gasteiger charge is 2.32. The Balaban J connectivity index is 1.65. The van der Waals surface area contributed by atoms with Crippen LogP contribution in [0.25, 0.3) is 0 Å². The molecule has 1 aromatic carbocycles. The predicted octanol–water partition coefficient (Wildman–Crippen LogP) is 3.32. The molecule has 0 unspecified atom stereocenters. The van der Waals surface area contributed by atoms with Gasteiger partial charge in [-0.3, -0.25) is 4.79 Å². The van der Waals surface area contributed by atoms with Gasteiger partial charge in [0.25, 0.3) is 5.91 Å². The van der Waals surface area contributed by atoms with Crippen LogP contribution in [0.1, 0.15) is 35.9 Å². The monoisotopic (exact) mass is 439 g/mol. The molecule has 158 valence electrons. The molecule has 9 heteroatoms. The van der Waals surface area contributed by atoms with Gasteiger partial charge in [0.1, 0.15) is 15.6 Å². The van der Waals surface area contributed by atoms with Crippen molar-refractivity contribution in [1.82, 2.24) is 9.62 Å². The van der Waals surface area contributed by atoms with Crippen LogP contribution in [-0.2, 0) is 10.0 Å². The minimum atomic E-state index is -3.75. The van der Waals surface area contributed by atoms with Gasteiger partial charge in [-0.25, -0.2) is 12.8 Å². The minimum Gasteiger partial charge on any atom is -0.369 e. The van der Waals surface area contributed by atoms with Gasteiger partial charge in [-0.05, 0) is 42.1 Å². The number of halogens is 1. The van der Waals surface area contributed by atoms with E-state index < -0.39 is 10.0 Å². The number of hydrogen-bond acceptors (Lipinski definition) is 5. The Kier molecular flexibility index (Phi) is 7.26. The molecule has 1 fully saturated rings. The van der Waals surface area contributed by atoms with E-state index in [2.05, 4.69) is 12.2 Å². The van der Waals surface area contributed by atoms with E-state index in [1.165, 1.54) is 22.5 Å². The molecular weight excluding hydrogens is 413 g/mol. The Morgan fingerprint density at radius 1 is 1.10 bits per heavy atom. The second-order valence-corrected chi connectivity index (χ2v) is 9.77. The number of nitrogens with one attached hydrogen (secondary N) is 1. The van der Waals surface area contributed by atoms with Crippen molar-refractivity contribution >= 4 is 33.0 Å². The van der Waals surface area contributed by atoms with Crippen LogP contribution in [0.3, 0.4) is 0 Å². The quantitative estimate of drug-likeness (QED) is 0.641. The molecule has 1 saturated heterocycles. The van der Waals surface area contributed by atoms with Crippen LogP contribution >= 0.6 is 11.3 Å². The van der Waals surface area contributed by atoms with Crippen LogP contribution < -0.4 is 10.2 Å². The average molecular weight is 440 g/mol. The van der Waals surface area contributed by atoms with E-state index in [-0.39, 0.29) is 21.5 Å². The molecule has 0 aliphatic carbocycles. The van der Waals surface area contributed by atoms with Crippen molar-refractivity contribution in [3.05, 3.63) is 46.4 Å². The van der Waals surface area contributed by atoms with Crippen molar-refractivity contribution < 1.29 is 17.6 Å². The van der Waals surface area contributed by atoms with Gasteiger partial charge in [0.15, 0.2) is 0 Å². The normalized spacial score (nSPS) is 15.4. The average Bonchev–Trinajstić information content (AvgIpc) is 3.23. The fourth-order valence-corrected chi connectivity index (χ4v) is 6.04. The van der Waals surface area contributed by atoms with Gasteiger partial charge in [0.2, 0.25) is 10.0 Å². The van der Waals surface area contributed by atoms with Gasteiger partial charge < -0.3 is 10.2 Å². The lowest BCUT2D eigenvalue weighted by molar-refractivity contribution is 0.0954. The highest BCUT2D eigenvalue weighted by molar-refractivity contribution is 7.89. The predicted molar refractivity (Wildman–Crippen MR) is 114 cm³/mol. The third-order valence-electron chi connectivity index (χ3n) is 4.95. The Morgan fingerprint density at radius 2 is 1.79 bits per heavy atom. The standard InChI is InChI=1S/C20H26FN3O3S2/c1-2-3-4-10-22-20(25)19-18(9-15-28-19)29(26,27)24-13-11-23(12-14-24)17-7-5-16(21)6-8-17/h5-9,15H,2-4,10-14H2,1H3,(H,22,25). The molecule has 0 atom stereocenters. The maximum absolute atomic E-state index is 13.1. The number of hydrogen-bond donors (Lipinski definition) is 1.